The Morgan fingerprint density at radius 3 is 2.39 bits per heavy atom. The van der Waals surface area contributed by atoms with Gasteiger partial charge in [0.15, 0.2) is 16.7 Å². The van der Waals surface area contributed by atoms with Crippen molar-refractivity contribution in [2.45, 2.75) is 6.92 Å². The molecule has 0 spiro atoms. The van der Waals surface area contributed by atoms with Gasteiger partial charge >= 0.3 is 0 Å². The Labute approximate surface area is 214 Å². The molecule has 2 fully saturated rings. The van der Waals surface area contributed by atoms with E-state index in [0.717, 1.165) is 5.56 Å². The molecule has 10 heteroatoms. The van der Waals surface area contributed by atoms with Gasteiger partial charge in [-0.15, -0.1) is 0 Å². The maximum atomic E-state index is 13.2. The fraction of sp³-hybridized carbons (Fsp3) is 0.346. The highest BCUT2D eigenvalue weighted by atomic mass is 32.2. The van der Waals surface area contributed by atoms with Crippen LogP contribution in [0.1, 0.15) is 22.8 Å². The molecule has 9 nitrogen and oxygen atoms in total. The molecular weight excluding hydrogens is 482 g/mol. The van der Waals surface area contributed by atoms with Crippen molar-refractivity contribution in [2.75, 3.05) is 54.2 Å². The molecule has 0 aliphatic carbocycles. The third-order valence-electron chi connectivity index (χ3n) is 5.81. The first-order valence-corrected chi connectivity index (χ1v) is 12.4. The van der Waals surface area contributed by atoms with Crippen molar-refractivity contribution < 1.29 is 28.5 Å². The van der Waals surface area contributed by atoms with Crippen LogP contribution in [0.15, 0.2) is 46.3 Å². The highest BCUT2D eigenvalue weighted by Gasteiger charge is 2.32. The minimum atomic E-state index is -0.143. The molecule has 2 aliphatic heterocycles. The van der Waals surface area contributed by atoms with E-state index in [0.29, 0.717) is 71.4 Å². The summed E-state index contributed by atoms with van der Waals surface area (Å²) in [5.74, 6) is 1.29. The Balaban J connectivity index is 1.62. The molecule has 0 bridgehead atoms. The second-order valence-electron chi connectivity index (χ2n) is 7.97. The molecule has 2 saturated heterocycles. The molecule has 0 atom stereocenters. The van der Waals surface area contributed by atoms with Gasteiger partial charge in [-0.1, -0.05) is 6.07 Å². The second-order valence-corrected chi connectivity index (χ2v) is 8.98. The number of hydrogen-bond acceptors (Lipinski definition) is 8. The van der Waals surface area contributed by atoms with Gasteiger partial charge in [-0.2, -0.15) is 0 Å². The fourth-order valence-corrected chi connectivity index (χ4v) is 5.04. The number of nitrogens with zero attached hydrogens (tertiary/aromatic N) is 3. The predicted molar refractivity (Wildman–Crippen MR) is 139 cm³/mol. The molecule has 190 valence electrons. The normalized spacial score (nSPS) is 18.2. The molecule has 2 heterocycles. The molecule has 0 N–H and O–H groups in total. The van der Waals surface area contributed by atoms with Gasteiger partial charge in [0, 0.05) is 25.2 Å². The summed E-state index contributed by atoms with van der Waals surface area (Å²) in [5.41, 5.74) is 1.90. The van der Waals surface area contributed by atoms with Gasteiger partial charge in [-0.05, 0) is 60.7 Å². The largest absolute Gasteiger partial charge is 0.493 e. The minimum Gasteiger partial charge on any atom is -0.493 e. The van der Waals surface area contributed by atoms with Gasteiger partial charge in [0.25, 0.3) is 11.8 Å². The van der Waals surface area contributed by atoms with Crippen LogP contribution in [-0.4, -0.2) is 81.0 Å². The summed E-state index contributed by atoms with van der Waals surface area (Å²) in [6.07, 6.45) is 1.78. The topological polar surface area (TPSA) is 89.9 Å². The van der Waals surface area contributed by atoms with Crippen molar-refractivity contribution in [3.63, 3.8) is 0 Å². The number of carbonyl (C=O) groups excluding carboxylic acids is 2. The lowest BCUT2D eigenvalue weighted by Crippen LogP contribution is -2.40. The van der Waals surface area contributed by atoms with E-state index in [1.54, 1.807) is 67.5 Å². The van der Waals surface area contributed by atoms with Crippen LogP contribution in [-0.2, 0) is 9.53 Å². The quantitative estimate of drug-likeness (QED) is 0.522. The van der Waals surface area contributed by atoms with Crippen LogP contribution in [0, 0.1) is 0 Å². The number of amides is 2. The molecule has 0 aromatic heterocycles. The summed E-state index contributed by atoms with van der Waals surface area (Å²) in [6, 6.07) is 10.7. The van der Waals surface area contributed by atoms with E-state index >= 15 is 0 Å². The number of aliphatic imine (C=N–C) groups is 1. The molecule has 2 aromatic rings. The fourth-order valence-electron chi connectivity index (χ4n) is 3.97. The molecular formula is C26H29N3O6S. The number of benzene rings is 2. The summed E-state index contributed by atoms with van der Waals surface area (Å²) in [4.78, 5) is 34.7. The monoisotopic (exact) mass is 511 g/mol. The van der Waals surface area contributed by atoms with E-state index in [9.17, 15) is 9.59 Å². The average molecular weight is 512 g/mol. The first kappa shape index (κ1) is 25.6. The maximum Gasteiger partial charge on any atom is 0.266 e. The lowest BCUT2D eigenvalue weighted by atomic mass is 10.1. The van der Waals surface area contributed by atoms with Gasteiger partial charge in [-0.3, -0.25) is 14.5 Å². The minimum absolute atomic E-state index is 0.0502. The van der Waals surface area contributed by atoms with E-state index in [-0.39, 0.29) is 11.8 Å². The van der Waals surface area contributed by atoms with Crippen LogP contribution in [0.4, 0.5) is 5.69 Å². The third kappa shape index (κ3) is 5.34. The average Bonchev–Trinajstić information content (AvgIpc) is 3.21. The van der Waals surface area contributed by atoms with Crippen molar-refractivity contribution in [3.05, 3.63) is 52.4 Å². The van der Waals surface area contributed by atoms with E-state index in [1.165, 1.54) is 11.8 Å². The lowest BCUT2D eigenvalue weighted by molar-refractivity contribution is -0.122. The Morgan fingerprint density at radius 2 is 1.78 bits per heavy atom. The van der Waals surface area contributed by atoms with Gasteiger partial charge in [-0.25, -0.2) is 4.99 Å². The molecule has 0 saturated carbocycles. The van der Waals surface area contributed by atoms with Crippen molar-refractivity contribution >= 4 is 40.5 Å². The standard InChI is InChI=1S/C26H29N3O6S/c1-5-29-25(31)22(15-17-13-20(32-2)23(34-4)21(14-17)33-3)36-26(29)27-19-8-6-7-18(16-19)24(30)28-9-11-35-12-10-28/h6-8,13-16H,5,9-12H2,1-4H3/b22-15+,27-26?. The number of carbonyl (C=O) groups is 2. The van der Waals surface area contributed by atoms with E-state index in [2.05, 4.69) is 0 Å². The number of morpholine rings is 1. The van der Waals surface area contributed by atoms with Gasteiger partial charge in [0.05, 0.1) is 45.1 Å². The molecule has 36 heavy (non-hydrogen) atoms. The molecule has 0 unspecified atom stereocenters. The smallest absolute Gasteiger partial charge is 0.266 e. The number of rotatable bonds is 7. The Bertz CT molecular complexity index is 1180. The summed E-state index contributed by atoms with van der Waals surface area (Å²) in [6.45, 7) is 4.58. The Morgan fingerprint density at radius 1 is 1.08 bits per heavy atom. The van der Waals surface area contributed by atoms with Crippen LogP contribution in [0.3, 0.4) is 0 Å². The van der Waals surface area contributed by atoms with E-state index in [4.69, 9.17) is 23.9 Å². The van der Waals surface area contributed by atoms with E-state index < -0.39 is 0 Å². The summed E-state index contributed by atoms with van der Waals surface area (Å²) >= 11 is 1.28. The third-order valence-corrected chi connectivity index (χ3v) is 6.81. The molecule has 2 aromatic carbocycles. The molecule has 2 amide bonds. The van der Waals surface area contributed by atoms with Gasteiger partial charge < -0.3 is 23.8 Å². The summed E-state index contributed by atoms with van der Waals surface area (Å²) in [7, 11) is 4.64. The van der Waals surface area contributed by atoms with Crippen LogP contribution in [0.5, 0.6) is 17.2 Å². The zero-order valence-corrected chi connectivity index (χ0v) is 21.6. The lowest BCUT2D eigenvalue weighted by Gasteiger charge is -2.26. The number of ether oxygens (including phenoxy) is 4. The number of amidine groups is 1. The summed E-state index contributed by atoms with van der Waals surface area (Å²) < 4.78 is 21.6. The number of likely N-dealkylation sites (N-methyl/N-ethyl adjacent to an activating group) is 1. The molecule has 2 aliphatic rings. The van der Waals surface area contributed by atoms with E-state index in [1.807, 2.05) is 13.0 Å². The van der Waals surface area contributed by atoms with Crippen molar-refractivity contribution in [1.29, 1.82) is 0 Å². The second kappa shape index (κ2) is 11.5. The number of hydrogen-bond donors (Lipinski definition) is 0. The zero-order valence-electron chi connectivity index (χ0n) is 20.8. The molecule has 4 rings (SSSR count). The highest BCUT2D eigenvalue weighted by Crippen LogP contribution is 2.40. The number of methoxy groups -OCH3 is 3. The van der Waals surface area contributed by atoms with Crippen molar-refractivity contribution in [3.8, 4) is 17.2 Å². The van der Waals surface area contributed by atoms with Crippen molar-refractivity contribution in [2.24, 2.45) is 4.99 Å². The molecule has 0 radical (unpaired) electrons. The SMILES string of the molecule is CCN1C(=O)/C(=C\c2cc(OC)c(OC)c(OC)c2)SC1=Nc1cccc(C(=O)N2CCOCC2)c1. The van der Waals surface area contributed by atoms with Gasteiger partial charge in [0.2, 0.25) is 5.75 Å². The van der Waals surface area contributed by atoms with Crippen LogP contribution < -0.4 is 14.2 Å². The highest BCUT2D eigenvalue weighted by molar-refractivity contribution is 8.18. The Hall–Kier alpha value is -3.50. The summed E-state index contributed by atoms with van der Waals surface area (Å²) in [5, 5.41) is 0.553. The first-order chi connectivity index (χ1) is 17.5. The maximum absolute atomic E-state index is 13.2. The van der Waals surface area contributed by atoms with Gasteiger partial charge in [0.1, 0.15) is 0 Å². The van der Waals surface area contributed by atoms with Crippen LogP contribution >= 0.6 is 11.8 Å². The van der Waals surface area contributed by atoms with Crippen molar-refractivity contribution in [1.82, 2.24) is 9.80 Å². The Kier molecular flexibility index (Phi) is 8.17. The van der Waals surface area contributed by atoms with Crippen LogP contribution in [0.2, 0.25) is 0 Å². The van der Waals surface area contributed by atoms with Crippen LogP contribution in [0.25, 0.3) is 6.08 Å². The predicted octanol–water partition coefficient (Wildman–Crippen LogP) is 3.81. The number of thioether (sulfide) groups is 1. The first-order valence-electron chi connectivity index (χ1n) is 11.6. The zero-order chi connectivity index (χ0) is 25.7.